The van der Waals surface area contributed by atoms with Gasteiger partial charge in [0.25, 0.3) is 0 Å². The van der Waals surface area contributed by atoms with E-state index in [9.17, 15) is 44.3 Å². The van der Waals surface area contributed by atoms with Gasteiger partial charge in [-0.2, -0.15) is 39.5 Å². The maximum atomic E-state index is 14.2. The molecule has 2 aromatic carbocycles. The number of aliphatic imine (C=N–C) groups is 1. The molecule has 0 spiro atoms. The number of carbonyl (C=O) groups excluding carboxylic acids is 1. The third-order valence-corrected chi connectivity index (χ3v) is 5.66. The van der Waals surface area contributed by atoms with Crippen molar-refractivity contribution < 1.29 is 49.0 Å². The fraction of sp³-hybridized carbons (Fsp3) is 0.364. The Labute approximate surface area is 187 Å². The van der Waals surface area contributed by atoms with Crippen LogP contribution in [0.3, 0.4) is 0 Å². The van der Waals surface area contributed by atoms with Crippen LogP contribution in [-0.2, 0) is 22.5 Å². The molecule has 0 aromatic heterocycles. The lowest BCUT2D eigenvalue weighted by molar-refractivity contribution is -0.184. The smallest absolute Gasteiger partial charge is 0.416 e. The van der Waals surface area contributed by atoms with Crippen LogP contribution in [-0.4, -0.2) is 31.5 Å². The van der Waals surface area contributed by atoms with Crippen molar-refractivity contribution >= 4 is 11.7 Å². The van der Waals surface area contributed by atoms with E-state index in [0.29, 0.717) is 5.56 Å². The molecule has 184 valence electrons. The molecule has 3 nitrogen and oxygen atoms in total. The lowest BCUT2D eigenvalue weighted by Gasteiger charge is -2.32. The van der Waals surface area contributed by atoms with Crippen LogP contribution >= 0.6 is 0 Å². The third kappa shape index (κ3) is 4.62. The summed E-state index contributed by atoms with van der Waals surface area (Å²) >= 11 is 0. The molecule has 1 atom stereocenters. The summed E-state index contributed by atoms with van der Waals surface area (Å²) in [7, 11) is 1.14. The second-order valence-electron chi connectivity index (χ2n) is 7.84. The van der Waals surface area contributed by atoms with Gasteiger partial charge >= 0.3 is 24.5 Å². The molecule has 0 saturated heterocycles. The molecule has 0 fully saturated rings. The summed E-state index contributed by atoms with van der Waals surface area (Å²) < 4.78 is 127. The fourth-order valence-electron chi connectivity index (χ4n) is 3.78. The molecule has 0 N–H and O–H groups in total. The van der Waals surface area contributed by atoms with Crippen LogP contribution in [0, 0.1) is 6.92 Å². The minimum absolute atomic E-state index is 0.0901. The van der Waals surface area contributed by atoms with Gasteiger partial charge in [-0.1, -0.05) is 6.07 Å². The maximum absolute atomic E-state index is 14.2. The van der Waals surface area contributed by atoms with E-state index in [4.69, 9.17) is 0 Å². The SMILES string of the molecule is COC(=O)c1ccc(C2=NCC(c3cc(C(F)(F)F)cc(C(F)(F)F)c3)(C(F)(F)F)C2)cc1C. The summed E-state index contributed by atoms with van der Waals surface area (Å²) in [5.74, 6) is -0.689. The molecule has 1 unspecified atom stereocenters. The van der Waals surface area contributed by atoms with Gasteiger partial charge in [-0.25, -0.2) is 4.79 Å². The Hall–Kier alpha value is -3.05. The highest BCUT2D eigenvalue weighted by Crippen LogP contribution is 2.50. The van der Waals surface area contributed by atoms with Gasteiger partial charge in [-0.3, -0.25) is 4.99 Å². The van der Waals surface area contributed by atoms with Crippen molar-refractivity contribution in [2.75, 3.05) is 13.7 Å². The number of nitrogens with zero attached hydrogens (tertiary/aromatic N) is 1. The molecule has 34 heavy (non-hydrogen) atoms. The number of aryl methyl sites for hydroxylation is 1. The highest BCUT2D eigenvalue weighted by Gasteiger charge is 2.59. The van der Waals surface area contributed by atoms with Crippen molar-refractivity contribution in [1.29, 1.82) is 0 Å². The molecule has 0 saturated carbocycles. The van der Waals surface area contributed by atoms with E-state index < -0.39 is 59.6 Å². The third-order valence-electron chi connectivity index (χ3n) is 5.66. The Morgan fingerprint density at radius 2 is 1.47 bits per heavy atom. The van der Waals surface area contributed by atoms with E-state index in [2.05, 4.69) is 9.73 Å². The molecule has 3 rings (SSSR count). The predicted octanol–water partition coefficient (Wildman–Crippen LogP) is 6.51. The summed E-state index contributed by atoms with van der Waals surface area (Å²) in [6.45, 7) is 0.396. The zero-order chi connectivity index (χ0) is 25.7. The summed E-state index contributed by atoms with van der Waals surface area (Å²) in [4.78, 5) is 15.6. The van der Waals surface area contributed by atoms with E-state index in [-0.39, 0.29) is 35.0 Å². The van der Waals surface area contributed by atoms with Gasteiger partial charge < -0.3 is 4.74 Å². The van der Waals surface area contributed by atoms with E-state index in [0.717, 1.165) is 7.11 Å². The van der Waals surface area contributed by atoms with Crippen LogP contribution in [0.15, 0.2) is 41.4 Å². The van der Waals surface area contributed by atoms with E-state index in [1.165, 1.54) is 25.1 Å². The number of alkyl halides is 9. The molecule has 0 aliphatic carbocycles. The monoisotopic (exact) mass is 497 g/mol. The number of carbonyl (C=O) groups is 1. The Bertz CT molecular complexity index is 1110. The molecule has 0 amide bonds. The number of ether oxygens (including phenoxy) is 1. The normalized spacial score (nSPS) is 19.2. The van der Waals surface area contributed by atoms with Crippen molar-refractivity contribution in [2.24, 2.45) is 4.99 Å². The standard InChI is InChI=1S/C22H16F9NO2/c1-11-5-12(3-4-16(11)18(33)34-2)17-9-19(10-32-17,22(29,30)31)13-6-14(20(23,24)25)8-15(7-13)21(26,27)28/h3-8H,9-10H2,1-2H3. The fourth-order valence-corrected chi connectivity index (χ4v) is 3.78. The van der Waals surface area contributed by atoms with Gasteiger partial charge in [0.2, 0.25) is 0 Å². The molecule has 0 bridgehead atoms. The van der Waals surface area contributed by atoms with Crippen molar-refractivity contribution in [3.63, 3.8) is 0 Å². The van der Waals surface area contributed by atoms with Gasteiger partial charge in [0.05, 0.1) is 30.3 Å². The largest absolute Gasteiger partial charge is 0.465 e. The van der Waals surface area contributed by atoms with Crippen molar-refractivity contribution in [3.05, 3.63) is 69.8 Å². The van der Waals surface area contributed by atoms with E-state index in [1.54, 1.807) is 0 Å². The zero-order valence-electron chi connectivity index (χ0n) is 17.5. The number of methoxy groups -OCH3 is 1. The van der Waals surface area contributed by atoms with Gasteiger partial charge in [-0.05, 0) is 53.9 Å². The zero-order valence-corrected chi connectivity index (χ0v) is 17.5. The molecule has 0 radical (unpaired) electrons. The lowest BCUT2D eigenvalue weighted by Crippen LogP contribution is -2.44. The molecule has 2 aromatic rings. The summed E-state index contributed by atoms with van der Waals surface area (Å²) in [5.41, 5.74) is -7.49. The van der Waals surface area contributed by atoms with Gasteiger partial charge in [-0.15, -0.1) is 0 Å². The first kappa shape index (κ1) is 25.6. The van der Waals surface area contributed by atoms with Crippen molar-refractivity contribution in [3.8, 4) is 0 Å². The molecule has 12 heteroatoms. The molecule has 1 aliphatic rings. The first-order valence-corrected chi connectivity index (χ1v) is 9.59. The summed E-state index contributed by atoms with van der Waals surface area (Å²) in [6.07, 6.45) is -16.8. The Balaban J connectivity index is 2.12. The quantitative estimate of drug-likeness (QED) is 0.358. The van der Waals surface area contributed by atoms with Gasteiger partial charge in [0.15, 0.2) is 0 Å². The lowest BCUT2D eigenvalue weighted by atomic mass is 9.75. The van der Waals surface area contributed by atoms with Crippen LogP contribution in [0.5, 0.6) is 0 Å². The van der Waals surface area contributed by atoms with E-state index >= 15 is 0 Å². The van der Waals surface area contributed by atoms with Crippen LogP contribution in [0.1, 0.15) is 44.6 Å². The van der Waals surface area contributed by atoms with Crippen molar-refractivity contribution in [1.82, 2.24) is 0 Å². The topological polar surface area (TPSA) is 38.7 Å². The predicted molar refractivity (Wildman–Crippen MR) is 103 cm³/mol. The average molecular weight is 497 g/mol. The Kier molecular flexibility index (Phi) is 6.25. The first-order valence-electron chi connectivity index (χ1n) is 9.59. The molecular weight excluding hydrogens is 481 g/mol. The number of halogens is 9. The number of hydrogen-bond acceptors (Lipinski definition) is 3. The number of rotatable bonds is 3. The van der Waals surface area contributed by atoms with Crippen LogP contribution in [0.25, 0.3) is 0 Å². The average Bonchev–Trinajstić information content (AvgIpc) is 3.18. The highest BCUT2D eigenvalue weighted by atomic mass is 19.4. The highest BCUT2D eigenvalue weighted by molar-refractivity contribution is 6.04. The molecule has 1 heterocycles. The first-order chi connectivity index (χ1) is 15.5. The summed E-state index contributed by atoms with van der Waals surface area (Å²) in [6, 6.07) is 3.89. The van der Waals surface area contributed by atoms with Gasteiger partial charge in [0, 0.05) is 12.1 Å². The van der Waals surface area contributed by atoms with Crippen LogP contribution in [0.2, 0.25) is 0 Å². The summed E-state index contributed by atoms with van der Waals surface area (Å²) in [5, 5.41) is 0. The maximum Gasteiger partial charge on any atom is 0.416 e. The second kappa shape index (κ2) is 8.31. The minimum Gasteiger partial charge on any atom is -0.465 e. The van der Waals surface area contributed by atoms with Crippen LogP contribution < -0.4 is 0 Å². The van der Waals surface area contributed by atoms with E-state index in [1.807, 2.05) is 0 Å². The van der Waals surface area contributed by atoms with Gasteiger partial charge in [0.1, 0.15) is 5.41 Å². The minimum atomic E-state index is -5.30. The second-order valence-corrected chi connectivity index (χ2v) is 7.84. The Morgan fingerprint density at radius 3 is 1.91 bits per heavy atom. The molecule has 1 aliphatic heterocycles. The number of esters is 1. The number of hydrogen-bond donors (Lipinski definition) is 0. The van der Waals surface area contributed by atoms with Crippen LogP contribution in [0.4, 0.5) is 39.5 Å². The Morgan fingerprint density at radius 1 is 0.912 bits per heavy atom. The number of benzene rings is 2. The van der Waals surface area contributed by atoms with Crippen molar-refractivity contribution in [2.45, 2.75) is 37.3 Å². The molecular formula is C22H16F9NO2.